The second-order valence-electron chi connectivity index (χ2n) is 5.72. The van der Waals surface area contributed by atoms with Crippen LogP contribution in [0.4, 0.5) is 11.8 Å². The van der Waals surface area contributed by atoms with Gasteiger partial charge in [-0.05, 0) is 33.0 Å². The molecule has 0 spiro atoms. The van der Waals surface area contributed by atoms with Crippen LogP contribution in [0.25, 0.3) is 10.9 Å². The lowest BCUT2D eigenvalue weighted by Gasteiger charge is -2.39. The van der Waals surface area contributed by atoms with E-state index in [9.17, 15) is 0 Å². The maximum absolute atomic E-state index is 4.77. The van der Waals surface area contributed by atoms with Crippen molar-refractivity contribution >= 4 is 22.7 Å². The molecule has 1 N–H and O–H groups in total. The van der Waals surface area contributed by atoms with Crippen LogP contribution >= 0.6 is 0 Å². The van der Waals surface area contributed by atoms with Crippen LogP contribution in [-0.4, -0.2) is 54.1 Å². The van der Waals surface area contributed by atoms with E-state index < -0.39 is 0 Å². The number of likely N-dealkylation sites (N-methyl/N-ethyl adjacent to an activating group) is 1. The first-order chi connectivity index (χ1) is 10.2. The second kappa shape index (κ2) is 5.85. The molecule has 21 heavy (non-hydrogen) atoms. The molecule has 1 aromatic heterocycles. The Morgan fingerprint density at radius 2 is 2.05 bits per heavy atom. The van der Waals surface area contributed by atoms with Crippen LogP contribution in [0, 0.1) is 0 Å². The molecule has 1 saturated heterocycles. The zero-order valence-corrected chi connectivity index (χ0v) is 13.0. The molecular weight excluding hydrogens is 262 g/mol. The summed E-state index contributed by atoms with van der Waals surface area (Å²) >= 11 is 0. The zero-order valence-electron chi connectivity index (χ0n) is 13.0. The number of nitrogens with one attached hydrogen (secondary N) is 1. The van der Waals surface area contributed by atoms with Crippen molar-refractivity contribution in [1.82, 2.24) is 14.9 Å². The SMILES string of the molecule is CCNc1nc(N2CCN(C)CC2C)c2ccccc2n1. The van der Waals surface area contributed by atoms with E-state index in [0.717, 1.165) is 48.8 Å². The molecule has 1 unspecified atom stereocenters. The molecule has 112 valence electrons. The number of anilines is 2. The molecule has 3 rings (SSSR count). The Bertz CT molecular complexity index is 627. The van der Waals surface area contributed by atoms with Gasteiger partial charge in [0.1, 0.15) is 5.82 Å². The van der Waals surface area contributed by atoms with Crippen molar-refractivity contribution in [3.8, 4) is 0 Å². The smallest absolute Gasteiger partial charge is 0.225 e. The Labute approximate surface area is 126 Å². The predicted octanol–water partition coefficient (Wildman–Crippen LogP) is 2.20. The highest BCUT2D eigenvalue weighted by atomic mass is 15.3. The second-order valence-corrected chi connectivity index (χ2v) is 5.72. The fraction of sp³-hybridized carbons (Fsp3) is 0.500. The summed E-state index contributed by atoms with van der Waals surface area (Å²) in [6, 6.07) is 8.72. The van der Waals surface area contributed by atoms with Gasteiger partial charge in [0.05, 0.1) is 5.52 Å². The molecular formula is C16H23N5. The Kier molecular flexibility index (Phi) is 3.92. The number of rotatable bonds is 3. The fourth-order valence-corrected chi connectivity index (χ4v) is 2.97. The average Bonchev–Trinajstić information content (AvgIpc) is 2.47. The number of piperazine rings is 1. The highest BCUT2D eigenvalue weighted by molar-refractivity contribution is 5.90. The number of para-hydroxylation sites is 1. The maximum Gasteiger partial charge on any atom is 0.225 e. The van der Waals surface area contributed by atoms with E-state index >= 15 is 0 Å². The van der Waals surface area contributed by atoms with E-state index in [1.165, 1.54) is 0 Å². The molecule has 2 aromatic rings. The van der Waals surface area contributed by atoms with Crippen molar-refractivity contribution in [1.29, 1.82) is 0 Å². The summed E-state index contributed by atoms with van der Waals surface area (Å²) in [6.45, 7) is 8.30. The van der Waals surface area contributed by atoms with E-state index in [0.29, 0.717) is 6.04 Å². The quantitative estimate of drug-likeness (QED) is 0.936. The molecule has 1 aliphatic heterocycles. The number of hydrogen-bond acceptors (Lipinski definition) is 5. The molecule has 0 amide bonds. The highest BCUT2D eigenvalue weighted by Crippen LogP contribution is 2.27. The van der Waals surface area contributed by atoms with Crippen LogP contribution in [-0.2, 0) is 0 Å². The van der Waals surface area contributed by atoms with Crippen LogP contribution in [0.1, 0.15) is 13.8 Å². The van der Waals surface area contributed by atoms with Gasteiger partial charge in [-0.25, -0.2) is 4.98 Å². The van der Waals surface area contributed by atoms with Gasteiger partial charge in [-0.3, -0.25) is 0 Å². The molecule has 2 heterocycles. The van der Waals surface area contributed by atoms with E-state index in [1.54, 1.807) is 0 Å². The largest absolute Gasteiger partial charge is 0.354 e. The third-order valence-corrected chi connectivity index (χ3v) is 4.02. The van der Waals surface area contributed by atoms with Crippen LogP contribution in [0.3, 0.4) is 0 Å². The lowest BCUT2D eigenvalue weighted by molar-refractivity contribution is 0.275. The summed E-state index contributed by atoms with van der Waals surface area (Å²) in [6.07, 6.45) is 0. The summed E-state index contributed by atoms with van der Waals surface area (Å²) in [4.78, 5) is 14.2. The normalized spacial score (nSPS) is 20.0. The van der Waals surface area contributed by atoms with Gasteiger partial charge in [0, 0.05) is 37.6 Å². The van der Waals surface area contributed by atoms with Gasteiger partial charge in [-0.15, -0.1) is 0 Å². The molecule has 0 radical (unpaired) electrons. The summed E-state index contributed by atoms with van der Waals surface area (Å²) in [7, 11) is 2.18. The first kappa shape index (κ1) is 14.1. The van der Waals surface area contributed by atoms with Crippen LogP contribution in [0.2, 0.25) is 0 Å². The van der Waals surface area contributed by atoms with Crippen molar-refractivity contribution in [3.63, 3.8) is 0 Å². The Hall–Kier alpha value is -1.88. The average molecular weight is 285 g/mol. The van der Waals surface area contributed by atoms with Gasteiger partial charge in [0.15, 0.2) is 0 Å². The van der Waals surface area contributed by atoms with Gasteiger partial charge in [0.25, 0.3) is 0 Å². The molecule has 1 aliphatic rings. The molecule has 0 aliphatic carbocycles. The summed E-state index contributed by atoms with van der Waals surface area (Å²) < 4.78 is 0. The predicted molar refractivity (Wildman–Crippen MR) is 88.0 cm³/mol. The van der Waals surface area contributed by atoms with Crippen molar-refractivity contribution in [3.05, 3.63) is 24.3 Å². The number of aromatic nitrogens is 2. The number of benzene rings is 1. The van der Waals surface area contributed by atoms with Crippen molar-refractivity contribution in [2.45, 2.75) is 19.9 Å². The van der Waals surface area contributed by atoms with E-state index in [1.807, 2.05) is 6.07 Å². The van der Waals surface area contributed by atoms with Crippen LogP contribution in [0.15, 0.2) is 24.3 Å². The number of fused-ring (bicyclic) bond motifs is 1. The third kappa shape index (κ3) is 2.78. The summed E-state index contributed by atoms with van der Waals surface area (Å²) in [5.41, 5.74) is 1.00. The van der Waals surface area contributed by atoms with Gasteiger partial charge in [-0.1, -0.05) is 12.1 Å². The summed E-state index contributed by atoms with van der Waals surface area (Å²) in [5, 5.41) is 4.38. The lowest BCUT2D eigenvalue weighted by Crippen LogP contribution is -2.51. The molecule has 5 heteroatoms. The van der Waals surface area contributed by atoms with E-state index in [-0.39, 0.29) is 0 Å². The van der Waals surface area contributed by atoms with Crippen LogP contribution in [0.5, 0.6) is 0 Å². The first-order valence-corrected chi connectivity index (χ1v) is 7.65. The molecule has 1 fully saturated rings. The third-order valence-electron chi connectivity index (χ3n) is 4.02. The van der Waals surface area contributed by atoms with E-state index in [4.69, 9.17) is 4.98 Å². The Morgan fingerprint density at radius 1 is 1.24 bits per heavy atom. The standard InChI is InChI=1S/C16H23N5/c1-4-17-16-18-14-8-6-5-7-13(14)15(19-16)21-10-9-20(3)11-12(21)2/h5-8,12H,4,9-11H2,1-3H3,(H,17,18,19). The molecule has 5 nitrogen and oxygen atoms in total. The number of nitrogens with zero attached hydrogens (tertiary/aromatic N) is 4. The highest BCUT2D eigenvalue weighted by Gasteiger charge is 2.24. The monoisotopic (exact) mass is 285 g/mol. The molecule has 0 bridgehead atoms. The number of hydrogen-bond donors (Lipinski definition) is 1. The Balaban J connectivity index is 2.07. The minimum absolute atomic E-state index is 0.455. The first-order valence-electron chi connectivity index (χ1n) is 7.65. The van der Waals surface area contributed by atoms with Crippen molar-refractivity contribution < 1.29 is 0 Å². The molecule has 1 aromatic carbocycles. The maximum atomic E-state index is 4.77. The van der Waals surface area contributed by atoms with Crippen molar-refractivity contribution in [2.75, 3.05) is 43.4 Å². The zero-order chi connectivity index (χ0) is 14.8. The molecule has 0 saturated carbocycles. The van der Waals surface area contributed by atoms with Gasteiger partial charge in [-0.2, -0.15) is 4.98 Å². The van der Waals surface area contributed by atoms with Crippen molar-refractivity contribution in [2.24, 2.45) is 0 Å². The Morgan fingerprint density at radius 3 is 2.81 bits per heavy atom. The topological polar surface area (TPSA) is 44.3 Å². The van der Waals surface area contributed by atoms with Gasteiger partial charge >= 0.3 is 0 Å². The lowest BCUT2D eigenvalue weighted by atomic mass is 10.1. The van der Waals surface area contributed by atoms with E-state index in [2.05, 4.69) is 59.2 Å². The van der Waals surface area contributed by atoms with Gasteiger partial charge in [0.2, 0.25) is 5.95 Å². The molecule has 1 atom stereocenters. The minimum atomic E-state index is 0.455. The minimum Gasteiger partial charge on any atom is -0.354 e. The van der Waals surface area contributed by atoms with Gasteiger partial charge < -0.3 is 15.1 Å². The summed E-state index contributed by atoms with van der Waals surface area (Å²) in [5.74, 6) is 1.77. The fourth-order valence-electron chi connectivity index (χ4n) is 2.97. The van der Waals surface area contributed by atoms with Crippen LogP contribution < -0.4 is 10.2 Å².